The lowest BCUT2D eigenvalue weighted by atomic mass is 9.73. The summed E-state index contributed by atoms with van der Waals surface area (Å²) in [6, 6.07) is 0. The van der Waals surface area contributed by atoms with E-state index in [2.05, 4.69) is 16.4 Å². The fourth-order valence-corrected chi connectivity index (χ4v) is 5.47. The van der Waals surface area contributed by atoms with E-state index in [-0.39, 0.29) is 29.9 Å². The minimum atomic E-state index is -1.82. The summed E-state index contributed by atoms with van der Waals surface area (Å²) in [5, 5.41) is 16.9. The van der Waals surface area contributed by atoms with Gasteiger partial charge in [0.15, 0.2) is 0 Å². The number of aromatic nitrogens is 1. The molecule has 0 bridgehead atoms. The molecule has 1 aliphatic rings. The number of carbonyl (C=O) groups is 3. The number of ether oxygens (including phenoxy) is 2. The summed E-state index contributed by atoms with van der Waals surface area (Å²) in [4.78, 5) is 43.6. The second-order valence-electron chi connectivity index (χ2n) is 11.4. The van der Waals surface area contributed by atoms with Crippen LogP contribution >= 0.6 is 46.1 Å². The van der Waals surface area contributed by atoms with E-state index < -0.39 is 40.1 Å². The van der Waals surface area contributed by atoms with Crippen LogP contribution in [0.4, 0.5) is 4.79 Å². The number of thiazole rings is 1. The molecule has 1 aromatic heterocycles. The van der Waals surface area contributed by atoms with Crippen LogP contribution in [-0.4, -0.2) is 57.1 Å². The molecule has 0 fully saturated rings. The number of hydrogen-bond acceptors (Lipinski definition) is 8. The lowest BCUT2D eigenvalue weighted by Gasteiger charge is -2.35. The number of halogens is 3. The van der Waals surface area contributed by atoms with Gasteiger partial charge in [0.25, 0.3) is 0 Å². The van der Waals surface area contributed by atoms with Crippen molar-refractivity contribution >= 4 is 70.1 Å². The average Bonchev–Trinajstić information content (AvgIpc) is 3.30. The largest absolute Gasteiger partial charge is 0.508 e. The molecule has 0 aliphatic carbocycles. The van der Waals surface area contributed by atoms with Gasteiger partial charge >= 0.3 is 6.16 Å². The van der Waals surface area contributed by atoms with Crippen LogP contribution in [-0.2, 0) is 19.1 Å². The third-order valence-electron chi connectivity index (χ3n) is 7.37. The van der Waals surface area contributed by atoms with Crippen LogP contribution < -0.4 is 5.32 Å². The summed E-state index contributed by atoms with van der Waals surface area (Å²) in [5.41, 5.74) is 1.50. The van der Waals surface area contributed by atoms with Crippen molar-refractivity contribution < 1.29 is 29.0 Å². The number of ketones is 1. The zero-order chi connectivity index (χ0) is 31.8. The number of aliphatic hydroxyl groups excluding tert-OH is 1. The van der Waals surface area contributed by atoms with Crippen LogP contribution in [0.1, 0.15) is 65.1 Å². The van der Waals surface area contributed by atoms with Gasteiger partial charge < -0.3 is 19.9 Å². The second-order valence-corrected chi connectivity index (χ2v) is 15.0. The molecule has 12 heteroatoms. The summed E-state index contributed by atoms with van der Waals surface area (Å²) in [6.45, 7) is 12.3. The van der Waals surface area contributed by atoms with Gasteiger partial charge in [0.1, 0.15) is 18.5 Å². The Morgan fingerprint density at radius 3 is 2.52 bits per heavy atom. The minimum Gasteiger partial charge on any atom is -0.430 e. The van der Waals surface area contributed by atoms with E-state index in [1.54, 1.807) is 32.1 Å². The first-order valence-electron chi connectivity index (χ1n) is 13.7. The lowest BCUT2D eigenvalue weighted by Crippen LogP contribution is -2.47. The monoisotopic (exact) mass is 662 g/mol. The van der Waals surface area contributed by atoms with Gasteiger partial charge in [0.05, 0.1) is 34.6 Å². The Labute approximate surface area is 267 Å². The fraction of sp³-hybridized carbons (Fsp3) is 0.600. The highest BCUT2D eigenvalue weighted by molar-refractivity contribution is 7.09. The molecule has 0 spiro atoms. The number of aliphatic hydroxyl groups is 1. The van der Waals surface area contributed by atoms with Crippen molar-refractivity contribution in [1.29, 1.82) is 0 Å². The van der Waals surface area contributed by atoms with E-state index in [9.17, 15) is 19.5 Å². The fourth-order valence-electron chi connectivity index (χ4n) is 4.74. The van der Waals surface area contributed by atoms with E-state index >= 15 is 0 Å². The number of aryl methyl sites for hydroxylation is 1. The molecule has 2 rings (SSSR count). The maximum Gasteiger partial charge on any atom is 0.508 e. The van der Waals surface area contributed by atoms with Crippen LogP contribution in [0.25, 0.3) is 6.08 Å². The molecule has 1 aromatic rings. The third kappa shape index (κ3) is 11.3. The van der Waals surface area contributed by atoms with Gasteiger partial charge in [0, 0.05) is 17.8 Å². The van der Waals surface area contributed by atoms with E-state index in [0.29, 0.717) is 13.0 Å². The van der Waals surface area contributed by atoms with Gasteiger partial charge in [0.2, 0.25) is 9.70 Å². The molecule has 0 aromatic carbocycles. The molecule has 5 atom stereocenters. The number of nitrogens with one attached hydrogen (secondary N) is 1. The molecule has 2 N–H and O–H groups in total. The number of carbonyl (C=O) groups excluding carboxylic acids is 3. The van der Waals surface area contributed by atoms with Gasteiger partial charge in [-0.05, 0) is 39.2 Å². The normalized spacial score (nSPS) is 28.8. The number of alkyl halides is 3. The summed E-state index contributed by atoms with van der Waals surface area (Å²) in [6.07, 6.45) is 4.88. The molecule has 0 saturated carbocycles. The zero-order valence-corrected chi connectivity index (χ0v) is 28.2. The molecular weight excluding hydrogens is 623 g/mol. The van der Waals surface area contributed by atoms with Crippen LogP contribution in [0.5, 0.6) is 0 Å². The quantitative estimate of drug-likeness (QED) is 0.263. The molecule has 1 aliphatic heterocycles. The summed E-state index contributed by atoms with van der Waals surface area (Å²) in [7, 11) is 0. The number of Topliss-reactive ketones (excluding diaryl/α,β-unsaturated/α-hetero) is 1. The van der Waals surface area contributed by atoms with Crippen LogP contribution in [0, 0.1) is 30.1 Å². The number of rotatable bonds is 4. The first-order chi connectivity index (χ1) is 19.4. The molecular formula is C30H41Cl3N2O6S. The van der Waals surface area contributed by atoms with E-state index in [4.69, 9.17) is 44.3 Å². The van der Waals surface area contributed by atoms with Crippen molar-refractivity contribution in [3.05, 3.63) is 45.5 Å². The Morgan fingerprint density at radius 1 is 1.26 bits per heavy atom. The molecule has 234 valence electrons. The molecule has 0 saturated heterocycles. The van der Waals surface area contributed by atoms with Crippen LogP contribution in [0.3, 0.4) is 0 Å². The standard InChI is InChI=1S/C30H41Cl3N2O6S/c1-17-9-8-10-18(2)26(41-28(39)40-16-30(31,32)33)20(4)27(38)29(6,7)24(36)13-25(37)34-14-22(11-17)19(3)12-23-15-42-21(5)35-23/h8-9,11-12,15,18,20,22,24,26,36H,10,13-14,16H2,1-7H3,(H,34,37)/b9-8-,17-11+,19-12?/t18-,20+,22+,24-,26-/m0/s1. The Hall–Kier alpha value is -1.91. The number of amides is 1. The van der Waals surface area contributed by atoms with E-state index in [1.165, 1.54) is 0 Å². The third-order valence-corrected chi connectivity index (χ3v) is 8.49. The highest BCUT2D eigenvalue weighted by atomic mass is 35.6. The van der Waals surface area contributed by atoms with Crippen molar-refractivity contribution in [3.63, 3.8) is 0 Å². The second kappa shape index (κ2) is 15.7. The highest BCUT2D eigenvalue weighted by Gasteiger charge is 2.43. The van der Waals surface area contributed by atoms with Crippen LogP contribution in [0.15, 0.2) is 34.8 Å². The Kier molecular flexibility index (Phi) is 13.6. The summed E-state index contributed by atoms with van der Waals surface area (Å²) >= 11 is 18.6. The lowest BCUT2D eigenvalue weighted by molar-refractivity contribution is -0.143. The van der Waals surface area contributed by atoms with Crippen molar-refractivity contribution in [1.82, 2.24) is 10.3 Å². The maximum atomic E-state index is 13.7. The summed E-state index contributed by atoms with van der Waals surface area (Å²) in [5.74, 6) is -2.04. The van der Waals surface area contributed by atoms with E-state index in [1.807, 2.05) is 51.3 Å². The molecule has 2 heterocycles. The highest BCUT2D eigenvalue weighted by Crippen LogP contribution is 2.33. The molecule has 8 nitrogen and oxygen atoms in total. The Balaban J connectivity index is 2.42. The Morgan fingerprint density at radius 2 is 1.93 bits per heavy atom. The Bertz CT molecular complexity index is 1200. The van der Waals surface area contributed by atoms with Crippen molar-refractivity contribution in [2.75, 3.05) is 13.2 Å². The first-order valence-corrected chi connectivity index (χ1v) is 15.8. The van der Waals surface area contributed by atoms with Gasteiger partial charge in [-0.3, -0.25) is 9.59 Å². The smallest absolute Gasteiger partial charge is 0.430 e. The molecule has 0 unspecified atom stereocenters. The number of hydrogen-bond donors (Lipinski definition) is 2. The minimum absolute atomic E-state index is 0.137. The maximum absolute atomic E-state index is 13.7. The SMILES string of the molecule is CC(=Cc1csc(C)n1)[C@@H]1/C=C(C)/C=C\C[C@H](C)[C@H](OC(=O)OCC(Cl)(Cl)Cl)[C@@H](C)C(=O)C(C)(C)[C@@H](O)CC(=O)NC1. The summed E-state index contributed by atoms with van der Waals surface area (Å²) < 4.78 is 8.72. The number of nitrogens with zero attached hydrogens (tertiary/aromatic N) is 1. The van der Waals surface area contributed by atoms with Crippen molar-refractivity contribution in [3.8, 4) is 0 Å². The van der Waals surface area contributed by atoms with Gasteiger partial charge in [-0.2, -0.15) is 0 Å². The predicted octanol–water partition coefficient (Wildman–Crippen LogP) is 7.00. The predicted molar refractivity (Wildman–Crippen MR) is 169 cm³/mol. The van der Waals surface area contributed by atoms with Gasteiger partial charge in [-0.15, -0.1) is 11.3 Å². The van der Waals surface area contributed by atoms with Gasteiger partial charge in [-0.1, -0.05) is 91.9 Å². The van der Waals surface area contributed by atoms with Crippen molar-refractivity contribution in [2.45, 2.75) is 77.3 Å². The van der Waals surface area contributed by atoms with Gasteiger partial charge in [-0.25, -0.2) is 9.78 Å². The first kappa shape index (κ1) is 36.3. The molecule has 0 radical (unpaired) electrons. The number of allylic oxidation sites excluding steroid dienone is 3. The topological polar surface area (TPSA) is 115 Å². The zero-order valence-electron chi connectivity index (χ0n) is 25.1. The van der Waals surface area contributed by atoms with Crippen molar-refractivity contribution in [2.24, 2.45) is 23.2 Å². The average molecular weight is 664 g/mol. The molecule has 1 amide bonds. The molecule has 42 heavy (non-hydrogen) atoms. The van der Waals surface area contributed by atoms with Crippen LogP contribution in [0.2, 0.25) is 0 Å². The van der Waals surface area contributed by atoms with E-state index in [0.717, 1.165) is 21.8 Å².